The summed E-state index contributed by atoms with van der Waals surface area (Å²) in [6.45, 7) is 1.77. The standard InChI is InChI=1S/C9H9ClN2O/c1-2-4-8(13)12-7-5-3-6-11-9(7)10/h2-6H,1H3,(H,12,13). The zero-order chi connectivity index (χ0) is 9.68. The van der Waals surface area contributed by atoms with Crippen molar-refractivity contribution >= 4 is 23.2 Å². The van der Waals surface area contributed by atoms with Gasteiger partial charge in [-0.2, -0.15) is 0 Å². The highest BCUT2D eigenvalue weighted by molar-refractivity contribution is 6.32. The van der Waals surface area contributed by atoms with E-state index in [1.807, 2.05) is 0 Å². The smallest absolute Gasteiger partial charge is 0.248 e. The summed E-state index contributed by atoms with van der Waals surface area (Å²) in [6, 6.07) is 3.40. The van der Waals surface area contributed by atoms with Gasteiger partial charge in [-0.15, -0.1) is 0 Å². The molecule has 0 unspecified atom stereocenters. The Morgan fingerprint density at radius 1 is 1.69 bits per heavy atom. The molecule has 4 heteroatoms. The molecule has 1 rings (SSSR count). The predicted octanol–water partition coefficient (Wildman–Crippen LogP) is 2.25. The zero-order valence-electron chi connectivity index (χ0n) is 7.12. The first kappa shape index (κ1) is 9.74. The third-order valence-corrected chi connectivity index (χ3v) is 1.64. The van der Waals surface area contributed by atoms with Gasteiger partial charge in [0, 0.05) is 6.20 Å². The van der Waals surface area contributed by atoms with E-state index < -0.39 is 0 Å². The van der Waals surface area contributed by atoms with Crippen LogP contribution in [0.1, 0.15) is 6.92 Å². The lowest BCUT2D eigenvalue weighted by Crippen LogP contribution is -2.08. The van der Waals surface area contributed by atoms with Crippen molar-refractivity contribution in [3.8, 4) is 0 Å². The van der Waals surface area contributed by atoms with Crippen LogP contribution < -0.4 is 5.32 Å². The molecule has 0 fully saturated rings. The van der Waals surface area contributed by atoms with E-state index in [2.05, 4.69) is 10.3 Å². The summed E-state index contributed by atoms with van der Waals surface area (Å²) in [6.07, 6.45) is 4.64. The van der Waals surface area contributed by atoms with Crippen LogP contribution in [-0.4, -0.2) is 10.9 Å². The summed E-state index contributed by atoms with van der Waals surface area (Å²) in [4.78, 5) is 14.9. The molecule has 1 N–H and O–H groups in total. The Bertz CT molecular complexity index is 336. The van der Waals surface area contributed by atoms with Crippen molar-refractivity contribution < 1.29 is 4.79 Å². The third kappa shape index (κ3) is 2.87. The molecular weight excluding hydrogens is 188 g/mol. The minimum absolute atomic E-state index is 0.211. The van der Waals surface area contributed by atoms with Gasteiger partial charge in [0.15, 0.2) is 5.15 Å². The Morgan fingerprint density at radius 2 is 2.46 bits per heavy atom. The van der Waals surface area contributed by atoms with E-state index in [9.17, 15) is 4.79 Å². The first-order valence-corrected chi connectivity index (χ1v) is 4.16. The van der Waals surface area contributed by atoms with Gasteiger partial charge in [0.25, 0.3) is 0 Å². The molecule has 0 atom stereocenters. The van der Waals surface area contributed by atoms with Crippen molar-refractivity contribution in [2.75, 3.05) is 5.32 Å². The van der Waals surface area contributed by atoms with Crippen molar-refractivity contribution in [3.63, 3.8) is 0 Å². The fourth-order valence-corrected chi connectivity index (χ4v) is 0.972. The Hall–Kier alpha value is -1.35. The highest BCUT2D eigenvalue weighted by Gasteiger charge is 2.01. The molecule has 1 heterocycles. The van der Waals surface area contributed by atoms with Crippen LogP contribution in [0.2, 0.25) is 5.15 Å². The maximum Gasteiger partial charge on any atom is 0.248 e. The summed E-state index contributed by atoms with van der Waals surface area (Å²) in [7, 11) is 0. The number of hydrogen-bond donors (Lipinski definition) is 1. The number of rotatable bonds is 2. The Kier molecular flexibility index (Phi) is 3.46. The number of anilines is 1. The molecule has 13 heavy (non-hydrogen) atoms. The van der Waals surface area contributed by atoms with Gasteiger partial charge < -0.3 is 5.32 Å². The van der Waals surface area contributed by atoms with Gasteiger partial charge in [-0.05, 0) is 25.1 Å². The maximum atomic E-state index is 11.1. The van der Waals surface area contributed by atoms with Gasteiger partial charge in [0.1, 0.15) is 0 Å². The minimum atomic E-state index is -0.211. The summed E-state index contributed by atoms with van der Waals surface area (Å²) in [5.74, 6) is -0.211. The lowest BCUT2D eigenvalue weighted by molar-refractivity contribution is -0.111. The second-order valence-corrected chi connectivity index (χ2v) is 2.69. The maximum absolute atomic E-state index is 11.1. The number of aromatic nitrogens is 1. The number of nitrogens with zero attached hydrogens (tertiary/aromatic N) is 1. The van der Waals surface area contributed by atoms with E-state index >= 15 is 0 Å². The molecule has 0 aliphatic carbocycles. The topological polar surface area (TPSA) is 42.0 Å². The quantitative estimate of drug-likeness (QED) is 0.582. The Morgan fingerprint density at radius 3 is 3.08 bits per heavy atom. The molecule has 0 spiro atoms. The van der Waals surface area contributed by atoms with Crippen molar-refractivity contribution in [1.29, 1.82) is 0 Å². The number of carbonyl (C=O) groups excluding carboxylic acids is 1. The Balaban J connectivity index is 2.74. The molecule has 3 nitrogen and oxygen atoms in total. The van der Waals surface area contributed by atoms with Gasteiger partial charge in [-0.25, -0.2) is 4.98 Å². The third-order valence-electron chi connectivity index (χ3n) is 1.33. The highest BCUT2D eigenvalue weighted by atomic mass is 35.5. The monoisotopic (exact) mass is 196 g/mol. The van der Waals surface area contributed by atoms with Crippen LogP contribution >= 0.6 is 11.6 Å². The average Bonchev–Trinajstić information content (AvgIpc) is 2.09. The van der Waals surface area contributed by atoms with Gasteiger partial charge in [0.2, 0.25) is 5.91 Å². The number of carbonyl (C=O) groups is 1. The van der Waals surface area contributed by atoms with Gasteiger partial charge in [-0.3, -0.25) is 4.79 Å². The number of nitrogens with one attached hydrogen (secondary N) is 1. The molecule has 0 bridgehead atoms. The number of amides is 1. The molecular formula is C9H9ClN2O. The largest absolute Gasteiger partial charge is 0.320 e. The molecule has 68 valence electrons. The molecule has 0 aromatic carbocycles. The fraction of sp³-hybridized carbons (Fsp3) is 0.111. The molecule has 0 aliphatic heterocycles. The first-order chi connectivity index (χ1) is 6.24. The van der Waals surface area contributed by atoms with Crippen molar-refractivity contribution in [2.45, 2.75) is 6.92 Å². The fourth-order valence-electron chi connectivity index (χ4n) is 0.805. The molecule has 1 aromatic heterocycles. The van der Waals surface area contributed by atoms with Gasteiger partial charge >= 0.3 is 0 Å². The number of hydrogen-bond acceptors (Lipinski definition) is 2. The normalized spacial score (nSPS) is 10.3. The van der Waals surface area contributed by atoms with Crippen LogP contribution in [0.25, 0.3) is 0 Å². The van der Waals surface area contributed by atoms with E-state index in [4.69, 9.17) is 11.6 Å². The molecule has 0 saturated heterocycles. The van der Waals surface area contributed by atoms with E-state index in [0.717, 1.165) is 0 Å². The second-order valence-electron chi connectivity index (χ2n) is 2.33. The Labute approximate surface area is 81.4 Å². The lowest BCUT2D eigenvalue weighted by atomic mass is 10.4. The molecule has 0 saturated carbocycles. The van der Waals surface area contributed by atoms with E-state index in [0.29, 0.717) is 10.8 Å². The lowest BCUT2D eigenvalue weighted by Gasteiger charge is -2.02. The van der Waals surface area contributed by atoms with Crippen LogP contribution in [0.3, 0.4) is 0 Å². The summed E-state index contributed by atoms with van der Waals surface area (Å²) in [5.41, 5.74) is 0.521. The number of allylic oxidation sites excluding steroid dienone is 1. The summed E-state index contributed by atoms with van der Waals surface area (Å²) < 4.78 is 0. The first-order valence-electron chi connectivity index (χ1n) is 3.78. The summed E-state index contributed by atoms with van der Waals surface area (Å²) >= 11 is 5.72. The zero-order valence-corrected chi connectivity index (χ0v) is 7.88. The van der Waals surface area contributed by atoms with Crippen LogP contribution in [0.15, 0.2) is 30.5 Å². The van der Waals surface area contributed by atoms with Crippen LogP contribution in [-0.2, 0) is 4.79 Å². The van der Waals surface area contributed by atoms with E-state index in [-0.39, 0.29) is 5.91 Å². The predicted molar refractivity (Wildman–Crippen MR) is 52.7 cm³/mol. The van der Waals surface area contributed by atoms with Crippen LogP contribution in [0.5, 0.6) is 0 Å². The second kappa shape index (κ2) is 4.62. The van der Waals surface area contributed by atoms with Gasteiger partial charge in [0.05, 0.1) is 5.69 Å². The number of pyridine rings is 1. The molecule has 1 aromatic rings. The van der Waals surface area contributed by atoms with Crippen LogP contribution in [0.4, 0.5) is 5.69 Å². The van der Waals surface area contributed by atoms with Crippen molar-refractivity contribution in [3.05, 3.63) is 35.6 Å². The summed E-state index contributed by atoms with van der Waals surface area (Å²) in [5, 5.41) is 2.88. The molecule has 1 amide bonds. The molecule has 0 radical (unpaired) electrons. The van der Waals surface area contributed by atoms with Gasteiger partial charge in [-0.1, -0.05) is 17.7 Å². The molecule has 0 aliphatic rings. The van der Waals surface area contributed by atoms with Crippen molar-refractivity contribution in [1.82, 2.24) is 4.98 Å². The van der Waals surface area contributed by atoms with Crippen LogP contribution in [0, 0.1) is 0 Å². The number of halogens is 1. The van der Waals surface area contributed by atoms with E-state index in [1.165, 1.54) is 6.08 Å². The average molecular weight is 197 g/mol. The van der Waals surface area contributed by atoms with Crippen molar-refractivity contribution in [2.24, 2.45) is 0 Å². The minimum Gasteiger partial charge on any atom is -0.320 e. The highest BCUT2D eigenvalue weighted by Crippen LogP contribution is 2.16. The SMILES string of the molecule is CC=CC(=O)Nc1cccnc1Cl. The van der Waals surface area contributed by atoms with E-state index in [1.54, 1.807) is 31.3 Å².